The summed E-state index contributed by atoms with van der Waals surface area (Å²) in [7, 11) is 0. The largest absolute Gasteiger partial charge is 0.308 e. The molecule has 1 heterocycles. The molecule has 0 atom stereocenters. The van der Waals surface area contributed by atoms with Gasteiger partial charge in [-0.05, 0) is 38.1 Å². The average molecular weight is 275 g/mol. The first kappa shape index (κ1) is 14.5. The van der Waals surface area contributed by atoms with E-state index in [4.69, 9.17) is 5.26 Å². The average Bonchev–Trinajstić information content (AvgIpc) is 2.94. The van der Waals surface area contributed by atoms with Gasteiger partial charge in [-0.1, -0.05) is 12.1 Å². The smallest absolute Gasteiger partial charge is 0.241 e. The fourth-order valence-corrected chi connectivity index (χ4v) is 2.43. The van der Waals surface area contributed by atoms with Gasteiger partial charge in [0.25, 0.3) is 0 Å². The lowest BCUT2D eigenvalue weighted by Crippen LogP contribution is -2.40. The van der Waals surface area contributed by atoms with Crippen molar-refractivity contribution in [2.75, 3.05) is 31.1 Å². The third-order valence-corrected chi connectivity index (χ3v) is 3.45. The Bertz CT molecular complexity index is 506. The zero-order chi connectivity index (χ0) is 14.4. The Labute approximate surface area is 118 Å². The molecule has 0 unspecified atom stereocenters. The van der Waals surface area contributed by atoms with Crippen molar-refractivity contribution < 1.29 is 9.18 Å². The third-order valence-electron chi connectivity index (χ3n) is 3.45. The zero-order valence-electron chi connectivity index (χ0n) is 11.4. The Kier molecular flexibility index (Phi) is 5.08. The predicted molar refractivity (Wildman–Crippen MR) is 74.7 cm³/mol. The fourth-order valence-electron chi connectivity index (χ4n) is 2.43. The summed E-state index contributed by atoms with van der Waals surface area (Å²) in [5.74, 6) is -0.576. The molecule has 1 fully saturated rings. The maximum atomic E-state index is 13.9. The van der Waals surface area contributed by atoms with Crippen LogP contribution < -0.4 is 4.90 Å². The Morgan fingerprint density at radius 3 is 2.70 bits per heavy atom. The molecule has 20 heavy (non-hydrogen) atoms. The van der Waals surface area contributed by atoms with Crippen LogP contribution in [0.5, 0.6) is 0 Å². The van der Waals surface area contributed by atoms with Crippen molar-refractivity contribution in [3.8, 4) is 6.07 Å². The molecule has 0 saturated carbocycles. The van der Waals surface area contributed by atoms with E-state index in [0.29, 0.717) is 6.54 Å². The molecule has 0 aliphatic carbocycles. The van der Waals surface area contributed by atoms with Crippen LogP contribution in [-0.4, -0.2) is 37.0 Å². The molecule has 0 bridgehead atoms. The van der Waals surface area contributed by atoms with Gasteiger partial charge in [0.1, 0.15) is 5.82 Å². The van der Waals surface area contributed by atoms with Gasteiger partial charge in [0, 0.05) is 6.54 Å². The quantitative estimate of drug-likeness (QED) is 0.827. The molecule has 1 amide bonds. The highest BCUT2D eigenvalue weighted by atomic mass is 19.1. The first-order valence-corrected chi connectivity index (χ1v) is 6.86. The molecule has 1 aromatic carbocycles. The number of benzene rings is 1. The van der Waals surface area contributed by atoms with E-state index in [2.05, 4.69) is 4.90 Å². The Morgan fingerprint density at radius 1 is 1.35 bits per heavy atom. The van der Waals surface area contributed by atoms with Crippen LogP contribution in [-0.2, 0) is 4.79 Å². The number of rotatable bonds is 5. The molecular weight excluding hydrogens is 257 g/mol. The van der Waals surface area contributed by atoms with Gasteiger partial charge in [-0.2, -0.15) is 5.26 Å². The normalized spacial score (nSPS) is 15.0. The lowest BCUT2D eigenvalue weighted by atomic mass is 10.2. The number of halogens is 1. The molecular formula is C15H18FN3O. The van der Waals surface area contributed by atoms with Gasteiger partial charge < -0.3 is 4.90 Å². The van der Waals surface area contributed by atoms with E-state index in [9.17, 15) is 9.18 Å². The second kappa shape index (κ2) is 7.01. The van der Waals surface area contributed by atoms with E-state index in [0.717, 1.165) is 25.9 Å². The summed E-state index contributed by atoms with van der Waals surface area (Å²) in [4.78, 5) is 15.8. The number of hydrogen-bond donors (Lipinski definition) is 0. The molecule has 0 aromatic heterocycles. The molecule has 1 saturated heterocycles. The molecule has 1 aliphatic rings. The van der Waals surface area contributed by atoms with E-state index >= 15 is 0 Å². The van der Waals surface area contributed by atoms with Crippen LogP contribution in [0.15, 0.2) is 24.3 Å². The summed E-state index contributed by atoms with van der Waals surface area (Å²) in [6.07, 6.45) is 2.40. The Balaban J connectivity index is 2.12. The number of carbonyl (C=O) groups is 1. The maximum Gasteiger partial charge on any atom is 0.241 e. The standard InChI is InChI=1S/C15H18FN3O/c16-13-6-1-2-7-14(13)19(11-5-8-17)15(20)12-18-9-3-4-10-18/h1-2,6-7H,3-5,9-12H2. The molecule has 4 nitrogen and oxygen atoms in total. The van der Waals surface area contributed by atoms with Gasteiger partial charge in [0.2, 0.25) is 5.91 Å². The highest BCUT2D eigenvalue weighted by molar-refractivity contribution is 5.94. The number of para-hydroxylation sites is 1. The van der Waals surface area contributed by atoms with Crippen LogP contribution >= 0.6 is 0 Å². The lowest BCUT2D eigenvalue weighted by Gasteiger charge is -2.25. The van der Waals surface area contributed by atoms with Gasteiger partial charge in [-0.15, -0.1) is 0 Å². The predicted octanol–water partition coefficient (Wildman–Crippen LogP) is 2.17. The van der Waals surface area contributed by atoms with Crippen LogP contribution in [0.25, 0.3) is 0 Å². The van der Waals surface area contributed by atoms with Gasteiger partial charge in [-0.3, -0.25) is 9.69 Å². The SMILES string of the molecule is N#CCCN(C(=O)CN1CCCC1)c1ccccc1F. The van der Waals surface area contributed by atoms with E-state index in [1.54, 1.807) is 18.2 Å². The van der Waals surface area contributed by atoms with E-state index in [1.807, 2.05) is 6.07 Å². The van der Waals surface area contributed by atoms with Gasteiger partial charge >= 0.3 is 0 Å². The van der Waals surface area contributed by atoms with Crippen molar-refractivity contribution in [1.29, 1.82) is 5.26 Å². The van der Waals surface area contributed by atoms with Gasteiger partial charge in [0.15, 0.2) is 0 Å². The van der Waals surface area contributed by atoms with Crippen molar-refractivity contribution in [3.63, 3.8) is 0 Å². The molecule has 5 heteroatoms. The number of likely N-dealkylation sites (tertiary alicyclic amines) is 1. The highest BCUT2D eigenvalue weighted by Gasteiger charge is 2.22. The number of carbonyl (C=O) groups excluding carboxylic acids is 1. The van der Waals surface area contributed by atoms with Crippen molar-refractivity contribution in [2.24, 2.45) is 0 Å². The van der Waals surface area contributed by atoms with Crippen LogP contribution in [0, 0.1) is 17.1 Å². The van der Waals surface area contributed by atoms with Crippen molar-refractivity contribution in [3.05, 3.63) is 30.1 Å². The molecule has 2 rings (SSSR count). The highest BCUT2D eigenvalue weighted by Crippen LogP contribution is 2.20. The summed E-state index contributed by atoms with van der Waals surface area (Å²) in [5.41, 5.74) is 0.256. The van der Waals surface area contributed by atoms with E-state index in [-0.39, 0.29) is 24.6 Å². The number of amides is 1. The minimum atomic E-state index is -0.430. The third kappa shape index (κ3) is 3.55. The maximum absolute atomic E-state index is 13.9. The molecule has 0 spiro atoms. The molecule has 0 N–H and O–H groups in total. The molecule has 1 aliphatic heterocycles. The second-order valence-corrected chi connectivity index (χ2v) is 4.89. The Morgan fingerprint density at radius 2 is 2.05 bits per heavy atom. The lowest BCUT2D eigenvalue weighted by molar-refractivity contribution is -0.119. The molecule has 106 valence electrons. The summed E-state index contributed by atoms with van der Waals surface area (Å²) in [5, 5.41) is 8.71. The first-order chi connectivity index (χ1) is 9.72. The van der Waals surface area contributed by atoms with Crippen molar-refractivity contribution in [2.45, 2.75) is 19.3 Å². The topological polar surface area (TPSA) is 47.3 Å². The zero-order valence-corrected chi connectivity index (χ0v) is 11.4. The summed E-state index contributed by atoms with van der Waals surface area (Å²) in [6.45, 7) is 2.34. The number of anilines is 1. The summed E-state index contributed by atoms with van der Waals surface area (Å²) >= 11 is 0. The summed E-state index contributed by atoms with van der Waals surface area (Å²) < 4.78 is 13.9. The Hall–Kier alpha value is -1.93. The number of nitrogens with zero attached hydrogens (tertiary/aromatic N) is 3. The second-order valence-electron chi connectivity index (χ2n) is 4.89. The van der Waals surface area contributed by atoms with E-state index < -0.39 is 5.82 Å². The van der Waals surface area contributed by atoms with Crippen molar-refractivity contribution >= 4 is 11.6 Å². The fraction of sp³-hybridized carbons (Fsp3) is 0.467. The van der Waals surface area contributed by atoms with Crippen LogP contribution in [0.2, 0.25) is 0 Å². The van der Waals surface area contributed by atoms with E-state index in [1.165, 1.54) is 11.0 Å². The minimum absolute atomic E-state index is 0.146. The van der Waals surface area contributed by atoms with Crippen LogP contribution in [0.1, 0.15) is 19.3 Å². The first-order valence-electron chi connectivity index (χ1n) is 6.86. The minimum Gasteiger partial charge on any atom is -0.308 e. The molecule has 0 radical (unpaired) electrons. The van der Waals surface area contributed by atoms with Crippen LogP contribution in [0.4, 0.5) is 10.1 Å². The summed E-state index contributed by atoms with van der Waals surface area (Å²) in [6, 6.07) is 8.20. The van der Waals surface area contributed by atoms with Gasteiger partial charge in [0.05, 0.1) is 24.7 Å². The van der Waals surface area contributed by atoms with Crippen molar-refractivity contribution in [1.82, 2.24) is 4.90 Å². The monoisotopic (exact) mass is 275 g/mol. The van der Waals surface area contributed by atoms with Crippen LogP contribution in [0.3, 0.4) is 0 Å². The molecule has 1 aromatic rings. The van der Waals surface area contributed by atoms with Gasteiger partial charge in [-0.25, -0.2) is 4.39 Å². The number of hydrogen-bond acceptors (Lipinski definition) is 3. The number of nitriles is 1.